The summed E-state index contributed by atoms with van der Waals surface area (Å²) < 4.78 is 11.8. The molecular weight excluding hydrogens is 410 g/mol. The zero-order chi connectivity index (χ0) is 18.6. The minimum absolute atomic E-state index is 0.182. The van der Waals surface area contributed by atoms with E-state index in [1.54, 1.807) is 35.6 Å². The Bertz CT molecular complexity index is 969. The van der Waals surface area contributed by atoms with Crippen LogP contribution in [0, 0.1) is 0 Å². The van der Waals surface area contributed by atoms with E-state index < -0.39 is 0 Å². The molecule has 1 aromatic carbocycles. The van der Waals surface area contributed by atoms with Crippen LogP contribution in [0.15, 0.2) is 80.4 Å². The van der Waals surface area contributed by atoms with Crippen LogP contribution in [0.4, 0.5) is 0 Å². The average molecular weight is 426 g/mol. The van der Waals surface area contributed by atoms with Crippen molar-refractivity contribution >= 4 is 21.8 Å². The lowest BCUT2D eigenvalue weighted by atomic mass is 10.1. The van der Waals surface area contributed by atoms with Crippen molar-refractivity contribution in [1.82, 2.24) is 15.1 Å². The topological polar surface area (TPSA) is 75.3 Å². The molecule has 27 heavy (non-hydrogen) atoms. The SMILES string of the molecule is O=C(c1cc(-c2ccc(Br)cc2)n[nH]1)N(Cc1ccco1)Cc1ccco1. The molecule has 0 fully saturated rings. The van der Waals surface area contributed by atoms with Crippen molar-refractivity contribution in [2.45, 2.75) is 13.1 Å². The van der Waals surface area contributed by atoms with Gasteiger partial charge in [0.05, 0.1) is 31.3 Å². The number of carbonyl (C=O) groups excluding carboxylic acids is 1. The minimum atomic E-state index is -0.182. The van der Waals surface area contributed by atoms with E-state index in [1.165, 1.54) is 0 Å². The molecule has 0 bridgehead atoms. The molecule has 0 aliphatic rings. The van der Waals surface area contributed by atoms with Gasteiger partial charge in [-0.25, -0.2) is 0 Å². The van der Waals surface area contributed by atoms with E-state index in [0.29, 0.717) is 36.0 Å². The number of aromatic nitrogens is 2. The van der Waals surface area contributed by atoms with E-state index >= 15 is 0 Å². The number of halogens is 1. The van der Waals surface area contributed by atoms with Crippen LogP contribution in [0.3, 0.4) is 0 Å². The van der Waals surface area contributed by atoms with Gasteiger partial charge in [-0.05, 0) is 42.5 Å². The normalized spacial score (nSPS) is 10.9. The van der Waals surface area contributed by atoms with Crippen molar-refractivity contribution < 1.29 is 13.6 Å². The molecule has 7 heteroatoms. The Hall–Kier alpha value is -3.06. The summed E-state index contributed by atoms with van der Waals surface area (Å²) in [7, 11) is 0. The highest BCUT2D eigenvalue weighted by Crippen LogP contribution is 2.22. The van der Waals surface area contributed by atoms with Gasteiger partial charge in [0.1, 0.15) is 17.2 Å². The van der Waals surface area contributed by atoms with Gasteiger partial charge in [0.2, 0.25) is 0 Å². The number of nitrogens with one attached hydrogen (secondary N) is 1. The molecule has 4 aromatic rings. The van der Waals surface area contributed by atoms with Crippen LogP contribution < -0.4 is 0 Å². The van der Waals surface area contributed by atoms with Crippen LogP contribution in [0.2, 0.25) is 0 Å². The van der Waals surface area contributed by atoms with Gasteiger partial charge >= 0.3 is 0 Å². The first-order chi connectivity index (χ1) is 13.2. The van der Waals surface area contributed by atoms with Gasteiger partial charge in [0.25, 0.3) is 5.91 Å². The number of H-pyrrole nitrogens is 1. The maximum Gasteiger partial charge on any atom is 0.272 e. The Balaban J connectivity index is 1.58. The van der Waals surface area contributed by atoms with Gasteiger partial charge in [-0.1, -0.05) is 28.1 Å². The molecule has 1 amide bonds. The van der Waals surface area contributed by atoms with Crippen LogP contribution in [0.1, 0.15) is 22.0 Å². The molecule has 3 aromatic heterocycles. The van der Waals surface area contributed by atoms with Crippen molar-refractivity contribution in [1.29, 1.82) is 0 Å². The third-order valence-corrected chi connectivity index (χ3v) is 4.62. The Morgan fingerprint density at radius 3 is 2.19 bits per heavy atom. The van der Waals surface area contributed by atoms with Crippen LogP contribution >= 0.6 is 15.9 Å². The number of hydrogen-bond donors (Lipinski definition) is 1. The molecule has 0 atom stereocenters. The summed E-state index contributed by atoms with van der Waals surface area (Å²) in [5, 5.41) is 7.12. The fourth-order valence-electron chi connectivity index (χ4n) is 2.75. The molecule has 0 aliphatic heterocycles. The molecule has 0 radical (unpaired) electrons. The minimum Gasteiger partial charge on any atom is -0.467 e. The van der Waals surface area contributed by atoms with Gasteiger partial charge in [-0.2, -0.15) is 5.10 Å². The molecule has 0 saturated carbocycles. The molecule has 4 rings (SSSR count). The summed E-state index contributed by atoms with van der Waals surface area (Å²) in [6, 6.07) is 16.8. The number of aromatic amines is 1. The van der Waals surface area contributed by atoms with Gasteiger partial charge in [0, 0.05) is 10.0 Å². The number of rotatable bonds is 6. The summed E-state index contributed by atoms with van der Waals surface area (Å²) >= 11 is 3.42. The van der Waals surface area contributed by atoms with E-state index in [-0.39, 0.29) is 5.91 Å². The van der Waals surface area contributed by atoms with E-state index in [1.807, 2.05) is 36.4 Å². The Kier molecular flexibility index (Phi) is 4.93. The van der Waals surface area contributed by atoms with Gasteiger partial charge in [-0.3, -0.25) is 9.89 Å². The van der Waals surface area contributed by atoms with Gasteiger partial charge in [-0.15, -0.1) is 0 Å². The molecule has 1 N–H and O–H groups in total. The third kappa shape index (κ3) is 4.03. The predicted molar refractivity (Wildman–Crippen MR) is 103 cm³/mol. The maximum atomic E-state index is 13.1. The van der Waals surface area contributed by atoms with Crippen molar-refractivity contribution in [3.05, 3.63) is 88.8 Å². The highest BCUT2D eigenvalue weighted by Gasteiger charge is 2.21. The van der Waals surface area contributed by atoms with E-state index in [4.69, 9.17) is 8.83 Å². The average Bonchev–Trinajstić information content (AvgIpc) is 3.44. The zero-order valence-electron chi connectivity index (χ0n) is 14.3. The molecule has 0 spiro atoms. The summed E-state index contributed by atoms with van der Waals surface area (Å²) in [6.07, 6.45) is 3.18. The molecule has 0 saturated heterocycles. The second-order valence-electron chi connectivity index (χ2n) is 5.99. The largest absolute Gasteiger partial charge is 0.467 e. The second kappa shape index (κ2) is 7.67. The Morgan fingerprint density at radius 1 is 1.00 bits per heavy atom. The first kappa shape index (κ1) is 17.4. The number of carbonyl (C=O) groups is 1. The van der Waals surface area contributed by atoms with Gasteiger partial charge in [0.15, 0.2) is 0 Å². The summed E-state index contributed by atoms with van der Waals surface area (Å²) in [6.45, 7) is 0.665. The van der Waals surface area contributed by atoms with Gasteiger partial charge < -0.3 is 13.7 Å². The molecular formula is C20H16BrN3O3. The van der Waals surface area contributed by atoms with E-state index in [9.17, 15) is 4.79 Å². The fourth-order valence-corrected chi connectivity index (χ4v) is 3.02. The number of benzene rings is 1. The monoisotopic (exact) mass is 425 g/mol. The standard InChI is InChI=1S/C20H16BrN3O3/c21-15-7-5-14(6-8-15)18-11-19(23-22-18)20(25)24(12-16-3-1-9-26-16)13-17-4-2-10-27-17/h1-11H,12-13H2,(H,22,23). The second-order valence-corrected chi connectivity index (χ2v) is 6.91. The molecule has 0 unspecified atom stereocenters. The van der Waals surface area contributed by atoms with Crippen LogP contribution in [-0.4, -0.2) is 21.0 Å². The quantitative estimate of drug-likeness (QED) is 0.478. The summed E-state index contributed by atoms with van der Waals surface area (Å²) in [5.74, 6) is 1.21. The Labute approximate surface area is 163 Å². The van der Waals surface area contributed by atoms with Crippen molar-refractivity contribution in [2.24, 2.45) is 0 Å². The summed E-state index contributed by atoms with van der Waals surface area (Å²) in [5.41, 5.74) is 2.05. The van der Waals surface area contributed by atoms with Crippen LogP contribution in [0.5, 0.6) is 0 Å². The molecule has 0 aliphatic carbocycles. The maximum absolute atomic E-state index is 13.1. The zero-order valence-corrected chi connectivity index (χ0v) is 15.8. The Morgan fingerprint density at radius 2 is 1.63 bits per heavy atom. The van der Waals surface area contributed by atoms with Crippen molar-refractivity contribution in [3.63, 3.8) is 0 Å². The van der Waals surface area contributed by atoms with Crippen LogP contribution in [-0.2, 0) is 13.1 Å². The van der Waals surface area contributed by atoms with Crippen molar-refractivity contribution in [3.8, 4) is 11.3 Å². The highest BCUT2D eigenvalue weighted by atomic mass is 79.9. The first-order valence-corrected chi connectivity index (χ1v) is 9.14. The number of furan rings is 2. The lowest BCUT2D eigenvalue weighted by Crippen LogP contribution is -2.30. The number of hydrogen-bond acceptors (Lipinski definition) is 4. The summed E-state index contributed by atoms with van der Waals surface area (Å²) in [4.78, 5) is 14.7. The lowest BCUT2D eigenvalue weighted by Gasteiger charge is -2.19. The van der Waals surface area contributed by atoms with E-state index in [0.717, 1.165) is 10.0 Å². The predicted octanol–water partition coefficient (Wildman–Crippen LogP) is 4.87. The first-order valence-electron chi connectivity index (χ1n) is 8.34. The van der Waals surface area contributed by atoms with Crippen LogP contribution in [0.25, 0.3) is 11.3 Å². The highest BCUT2D eigenvalue weighted by molar-refractivity contribution is 9.10. The van der Waals surface area contributed by atoms with E-state index in [2.05, 4.69) is 26.1 Å². The fraction of sp³-hybridized carbons (Fsp3) is 0.100. The smallest absolute Gasteiger partial charge is 0.272 e. The lowest BCUT2D eigenvalue weighted by molar-refractivity contribution is 0.0699. The molecule has 3 heterocycles. The molecule has 136 valence electrons. The third-order valence-electron chi connectivity index (χ3n) is 4.09. The number of amides is 1. The van der Waals surface area contributed by atoms with Crippen molar-refractivity contribution in [2.75, 3.05) is 0 Å². The molecule has 6 nitrogen and oxygen atoms in total. The number of nitrogens with zero attached hydrogens (tertiary/aromatic N) is 2.